The van der Waals surface area contributed by atoms with Gasteiger partial charge in [0.2, 0.25) is 0 Å². The van der Waals surface area contributed by atoms with Crippen LogP contribution in [0.25, 0.3) is 0 Å². The van der Waals surface area contributed by atoms with E-state index in [-0.39, 0.29) is 5.60 Å². The van der Waals surface area contributed by atoms with Crippen molar-refractivity contribution in [3.05, 3.63) is 53.9 Å². The van der Waals surface area contributed by atoms with Crippen LogP contribution in [0.15, 0.2) is 42.6 Å². The number of aromatic nitrogens is 1. The van der Waals surface area contributed by atoms with Crippen LogP contribution in [0.3, 0.4) is 0 Å². The number of para-hydroxylation sites is 1. The minimum atomic E-state index is -0.167. The van der Waals surface area contributed by atoms with E-state index in [1.807, 2.05) is 0 Å². The average molecular weight is 268 g/mol. The molecule has 1 atom stereocenters. The van der Waals surface area contributed by atoms with Crippen molar-refractivity contribution >= 4 is 0 Å². The SMILES string of the molecule is c1ccc2c(c1)Cn1cccc1C1(CCCNCC1)O2. The molecule has 1 aromatic carbocycles. The number of ether oxygens (including phenoxy) is 1. The van der Waals surface area contributed by atoms with Crippen molar-refractivity contribution in [3.8, 4) is 5.75 Å². The quantitative estimate of drug-likeness (QED) is 0.795. The fourth-order valence-electron chi connectivity index (χ4n) is 3.54. The van der Waals surface area contributed by atoms with Gasteiger partial charge in [-0.1, -0.05) is 18.2 Å². The van der Waals surface area contributed by atoms with Crippen LogP contribution >= 0.6 is 0 Å². The Balaban J connectivity index is 1.86. The normalized spacial score (nSPS) is 25.2. The summed E-state index contributed by atoms with van der Waals surface area (Å²) in [6.45, 7) is 3.02. The summed E-state index contributed by atoms with van der Waals surface area (Å²) >= 11 is 0. The van der Waals surface area contributed by atoms with Crippen LogP contribution in [-0.2, 0) is 12.1 Å². The lowest BCUT2D eigenvalue weighted by Crippen LogP contribution is -2.35. The van der Waals surface area contributed by atoms with E-state index >= 15 is 0 Å². The summed E-state index contributed by atoms with van der Waals surface area (Å²) in [6, 6.07) is 12.8. The highest BCUT2D eigenvalue weighted by Crippen LogP contribution is 2.40. The van der Waals surface area contributed by atoms with Crippen molar-refractivity contribution in [3.63, 3.8) is 0 Å². The highest BCUT2D eigenvalue weighted by molar-refractivity contribution is 5.37. The Labute approximate surface area is 119 Å². The number of nitrogens with zero attached hydrogens (tertiary/aromatic N) is 1. The van der Waals surface area contributed by atoms with E-state index in [9.17, 15) is 0 Å². The van der Waals surface area contributed by atoms with Gasteiger partial charge in [0.05, 0.1) is 12.2 Å². The van der Waals surface area contributed by atoms with Gasteiger partial charge in [0.1, 0.15) is 11.4 Å². The highest BCUT2D eigenvalue weighted by atomic mass is 16.5. The molecule has 2 aliphatic rings. The Morgan fingerprint density at radius 3 is 3.00 bits per heavy atom. The third-order valence-electron chi connectivity index (χ3n) is 4.55. The van der Waals surface area contributed by atoms with E-state index < -0.39 is 0 Å². The first-order valence-electron chi connectivity index (χ1n) is 7.51. The molecular formula is C17H20N2O. The minimum absolute atomic E-state index is 0.167. The third kappa shape index (κ3) is 1.85. The van der Waals surface area contributed by atoms with Crippen molar-refractivity contribution in [1.82, 2.24) is 9.88 Å². The molecule has 1 fully saturated rings. The maximum atomic E-state index is 6.59. The molecule has 1 unspecified atom stereocenters. The maximum Gasteiger partial charge on any atom is 0.150 e. The van der Waals surface area contributed by atoms with Gasteiger partial charge >= 0.3 is 0 Å². The molecule has 0 bridgehead atoms. The zero-order valence-electron chi connectivity index (χ0n) is 11.6. The lowest BCUT2D eigenvalue weighted by Gasteiger charge is -2.33. The van der Waals surface area contributed by atoms with Gasteiger partial charge in [0, 0.05) is 18.2 Å². The van der Waals surface area contributed by atoms with E-state index in [0.29, 0.717) is 0 Å². The van der Waals surface area contributed by atoms with Crippen LogP contribution in [0.2, 0.25) is 0 Å². The predicted octanol–water partition coefficient (Wildman–Crippen LogP) is 2.90. The molecular weight excluding hydrogens is 248 g/mol. The van der Waals surface area contributed by atoms with Crippen molar-refractivity contribution in [2.24, 2.45) is 0 Å². The van der Waals surface area contributed by atoms with Crippen molar-refractivity contribution in [2.75, 3.05) is 13.1 Å². The molecule has 104 valence electrons. The van der Waals surface area contributed by atoms with Crippen LogP contribution in [0, 0.1) is 0 Å². The molecule has 2 aliphatic heterocycles. The van der Waals surface area contributed by atoms with Gasteiger partial charge in [-0.05, 0) is 44.1 Å². The minimum Gasteiger partial charge on any atom is -0.481 e. The van der Waals surface area contributed by atoms with Gasteiger partial charge in [0.25, 0.3) is 0 Å². The maximum absolute atomic E-state index is 6.59. The first kappa shape index (κ1) is 12.0. The third-order valence-corrected chi connectivity index (χ3v) is 4.55. The second-order valence-electron chi connectivity index (χ2n) is 5.83. The second kappa shape index (κ2) is 4.67. The fraction of sp³-hybridized carbons (Fsp3) is 0.412. The highest BCUT2D eigenvalue weighted by Gasteiger charge is 2.39. The molecule has 20 heavy (non-hydrogen) atoms. The van der Waals surface area contributed by atoms with Crippen LogP contribution < -0.4 is 10.1 Å². The summed E-state index contributed by atoms with van der Waals surface area (Å²) < 4.78 is 8.95. The molecule has 1 saturated heterocycles. The first-order valence-corrected chi connectivity index (χ1v) is 7.51. The van der Waals surface area contributed by atoms with Crippen LogP contribution in [0.4, 0.5) is 0 Å². The average Bonchev–Trinajstić information content (AvgIpc) is 2.75. The molecule has 3 nitrogen and oxygen atoms in total. The van der Waals surface area contributed by atoms with Gasteiger partial charge in [-0.3, -0.25) is 0 Å². The molecule has 1 N–H and O–H groups in total. The molecule has 2 aromatic rings. The van der Waals surface area contributed by atoms with E-state index in [0.717, 1.165) is 44.6 Å². The predicted molar refractivity (Wildman–Crippen MR) is 79.0 cm³/mol. The van der Waals surface area contributed by atoms with Gasteiger partial charge in [-0.2, -0.15) is 0 Å². The smallest absolute Gasteiger partial charge is 0.150 e. The lowest BCUT2D eigenvalue weighted by molar-refractivity contribution is 0.0486. The van der Waals surface area contributed by atoms with Crippen molar-refractivity contribution in [2.45, 2.75) is 31.4 Å². The first-order chi connectivity index (χ1) is 9.87. The second-order valence-corrected chi connectivity index (χ2v) is 5.83. The van der Waals surface area contributed by atoms with Gasteiger partial charge in [0.15, 0.2) is 0 Å². The van der Waals surface area contributed by atoms with Crippen LogP contribution in [-0.4, -0.2) is 17.7 Å². The summed E-state index contributed by atoms with van der Waals surface area (Å²) in [5, 5.41) is 3.50. The Kier molecular flexibility index (Phi) is 2.81. The molecule has 0 amide bonds. The Hall–Kier alpha value is -1.74. The zero-order chi connectivity index (χ0) is 13.4. The van der Waals surface area contributed by atoms with E-state index in [4.69, 9.17) is 4.74 Å². The fourth-order valence-corrected chi connectivity index (χ4v) is 3.54. The number of hydrogen-bond acceptors (Lipinski definition) is 2. The molecule has 1 aromatic heterocycles. The number of rotatable bonds is 0. The molecule has 3 heterocycles. The Morgan fingerprint density at radius 1 is 1.05 bits per heavy atom. The summed E-state index contributed by atoms with van der Waals surface area (Å²) in [5.41, 5.74) is 2.44. The topological polar surface area (TPSA) is 26.2 Å². The lowest BCUT2D eigenvalue weighted by atomic mass is 9.90. The summed E-state index contributed by atoms with van der Waals surface area (Å²) in [7, 11) is 0. The largest absolute Gasteiger partial charge is 0.481 e. The molecule has 0 saturated carbocycles. The van der Waals surface area contributed by atoms with Crippen molar-refractivity contribution in [1.29, 1.82) is 0 Å². The monoisotopic (exact) mass is 268 g/mol. The number of fused-ring (bicyclic) bond motifs is 3. The number of nitrogens with one attached hydrogen (secondary N) is 1. The summed E-state index contributed by atoms with van der Waals surface area (Å²) in [5.74, 6) is 1.05. The van der Waals surface area contributed by atoms with Gasteiger partial charge in [-0.25, -0.2) is 0 Å². The Bertz CT molecular complexity index is 609. The standard InChI is InChI=1S/C17H20N2O/c1-2-6-15-14(5-1)13-19-12-3-7-16(19)17(20-15)8-4-10-18-11-9-17/h1-3,5-7,12,18H,4,8-11,13H2. The molecule has 4 rings (SSSR count). The zero-order valence-corrected chi connectivity index (χ0v) is 11.6. The van der Waals surface area contributed by atoms with E-state index in [1.54, 1.807) is 0 Å². The van der Waals surface area contributed by atoms with E-state index in [2.05, 4.69) is 52.5 Å². The van der Waals surface area contributed by atoms with Gasteiger partial charge < -0.3 is 14.6 Å². The molecule has 0 radical (unpaired) electrons. The van der Waals surface area contributed by atoms with E-state index in [1.165, 1.54) is 11.3 Å². The number of hydrogen-bond donors (Lipinski definition) is 1. The van der Waals surface area contributed by atoms with Gasteiger partial charge in [-0.15, -0.1) is 0 Å². The van der Waals surface area contributed by atoms with Crippen LogP contribution in [0.1, 0.15) is 30.5 Å². The summed E-state index contributed by atoms with van der Waals surface area (Å²) in [6.07, 6.45) is 5.46. The van der Waals surface area contributed by atoms with Crippen LogP contribution in [0.5, 0.6) is 5.75 Å². The molecule has 1 spiro atoms. The molecule has 0 aliphatic carbocycles. The number of benzene rings is 1. The Morgan fingerprint density at radius 2 is 2.00 bits per heavy atom. The molecule has 3 heteroatoms. The van der Waals surface area contributed by atoms with Crippen molar-refractivity contribution < 1.29 is 4.74 Å². The summed E-state index contributed by atoms with van der Waals surface area (Å²) in [4.78, 5) is 0.